The molecule has 1 N–H and O–H groups in total. The van der Waals surface area contributed by atoms with Crippen molar-refractivity contribution in [2.75, 3.05) is 27.1 Å². The van der Waals surface area contributed by atoms with E-state index in [0.29, 0.717) is 13.2 Å². The quantitative estimate of drug-likeness (QED) is 0.330. The van der Waals surface area contributed by atoms with E-state index >= 15 is 0 Å². The van der Waals surface area contributed by atoms with Crippen LogP contribution in [-0.4, -0.2) is 58.1 Å². The number of hydrogen-bond donors (Lipinski definition) is 1. The zero-order valence-electron chi connectivity index (χ0n) is 18.9. The van der Waals surface area contributed by atoms with E-state index in [4.69, 9.17) is 19.3 Å². The molecule has 1 aromatic heterocycles. The first-order valence-corrected chi connectivity index (χ1v) is 12.1. The van der Waals surface area contributed by atoms with E-state index < -0.39 is 5.97 Å². The predicted molar refractivity (Wildman–Crippen MR) is 121 cm³/mol. The monoisotopic (exact) mass is 493 g/mol. The van der Waals surface area contributed by atoms with Crippen LogP contribution in [0.5, 0.6) is 5.75 Å². The van der Waals surface area contributed by atoms with Gasteiger partial charge in [-0.15, -0.1) is 0 Å². The number of ether oxygens (including phenoxy) is 3. The summed E-state index contributed by atoms with van der Waals surface area (Å²) in [6.07, 6.45) is 3.67. The van der Waals surface area contributed by atoms with Crippen LogP contribution in [0.3, 0.4) is 0 Å². The van der Waals surface area contributed by atoms with Crippen LogP contribution in [-0.2, 0) is 20.3 Å². The van der Waals surface area contributed by atoms with Gasteiger partial charge in [0.25, 0.3) is 0 Å². The number of nitrogens with zero attached hydrogens (tertiary/aromatic N) is 1. The van der Waals surface area contributed by atoms with Crippen LogP contribution in [0.1, 0.15) is 62.0 Å². The van der Waals surface area contributed by atoms with Crippen LogP contribution in [0.4, 0.5) is 0 Å². The average Bonchev–Trinajstić information content (AvgIpc) is 2.72. The van der Waals surface area contributed by atoms with E-state index in [2.05, 4.69) is 44.8 Å². The normalized spacial score (nSPS) is 16.5. The second-order valence-electron chi connectivity index (χ2n) is 9.07. The first-order valence-electron chi connectivity index (χ1n) is 10.4. The molecule has 1 heterocycles. The Bertz CT molecular complexity index is 924. The molecular weight excluding hydrogens is 461 g/mol. The molecule has 1 aromatic carbocycles. The van der Waals surface area contributed by atoms with Crippen molar-refractivity contribution >= 4 is 30.0 Å². The SMILES string of the molecule is COCCOCOc1cc2c(cc1[Se]c1ccc(C(=O)O)cn1)C(C)(C)CCC2(C)C. The molecule has 0 aliphatic heterocycles. The van der Waals surface area contributed by atoms with E-state index in [1.54, 1.807) is 19.2 Å². The topological polar surface area (TPSA) is 77.9 Å². The predicted octanol–water partition coefficient (Wildman–Crippen LogP) is 2.78. The number of carboxylic acids is 1. The Labute approximate surface area is 190 Å². The van der Waals surface area contributed by atoms with Crippen LogP contribution in [0, 0.1) is 0 Å². The van der Waals surface area contributed by atoms with Gasteiger partial charge in [-0.2, -0.15) is 0 Å². The van der Waals surface area contributed by atoms with Gasteiger partial charge in [-0.1, -0.05) is 0 Å². The molecule has 3 rings (SSSR count). The molecule has 0 saturated carbocycles. The standard InChI is InChI=1S/C24H31NO5Se/c1-23(2)8-9-24(3,4)18-13-20(31-21-7-6-16(14-25-21)22(26)27)19(12-17(18)23)30-15-29-11-10-28-5/h6-7,12-14H,8-11,15H2,1-5H3,(H,26,27). The summed E-state index contributed by atoms with van der Waals surface area (Å²) >= 11 is -0.133. The van der Waals surface area contributed by atoms with Crippen molar-refractivity contribution in [3.05, 3.63) is 47.2 Å². The van der Waals surface area contributed by atoms with E-state index in [-0.39, 0.29) is 38.1 Å². The van der Waals surface area contributed by atoms with Crippen molar-refractivity contribution in [3.63, 3.8) is 0 Å². The Balaban J connectivity index is 1.95. The Morgan fingerprint density at radius 3 is 2.35 bits per heavy atom. The molecule has 1 aliphatic rings. The van der Waals surface area contributed by atoms with Gasteiger partial charge in [0.1, 0.15) is 0 Å². The number of methoxy groups -OCH3 is 1. The van der Waals surface area contributed by atoms with Gasteiger partial charge < -0.3 is 0 Å². The molecule has 0 radical (unpaired) electrons. The second kappa shape index (κ2) is 9.70. The zero-order chi connectivity index (χ0) is 22.6. The molecule has 7 heteroatoms. The van der Waals surface area contributed by atoms with Crippen LogP contribution >= 0.6 is 0 Å². The van der Waals surface area contributed by atoms with Crippen molar-refractivity contribution < 1.29 is 24.1 Å². The van der Waals surface area contributed by atoms with Crippen molar-refractivity contribution in [1.82, 2.24) is 4.98 Å². The first-order chi connectivity index (χ1) is 14.6. The second-order valence-corrected chi connectivity index (χ2v) is 11.3. The number of carbonyl (C=O) groups is 1. The number of rotatable bonds is 9. The van der Waals surface area contributed by atoms with Crippen molar-refractivity contribution in [1.29, 1.82) is 0 Å². The van der Waals surface area contributed by atoms with Gasteiger partial charge in [0.15, 0.2) is 0 Å². The fraction of sp³-hybridized carbons (Fsp3) is 0.500. The maximum absolute atomic E-state index is 11.1. The van der Waals surface area contributed by atoms with Crippen LogP contribution in [0.25, 0.3) is 0 Å². The van der Waals surface area contributed by atoms with Crippen molar-refractivity contribution in [2.45, 2.75) is 51.4 Å². The Morgan fingerprint density at radius 1 is 1.10 bits per heavy atom. The van der Waals surface area contributed by atoms with Gasteiger partial charge in [0.2, 0.25) is 0 Å². The van der Waals surface area contributed by atoms with Gasteiger partial charge in [0.05, 0.1) is 0 Å². The minimum absolute atomic E-state index is 0.0762. The molecule has 6 nitrogen and oxygen atoms in total. The average molecular weight is 492 g/mol. The summed E-state index contributed by atoms with van der Waals surface area (Å²) in [5, 5.41) is 9.13. The molecule has 168 valence electrons. The fourth-order valence-electron chi connectivity index (χ4n) is 3.75. The molecule has 0 bridgehead atoms. The summed E-state index contributed by atoms with van der Waals surface area (Å²) in [5.41, 5.74) is 3.03. The number of pyridine rings is 1. The molecule has 0 amide bonds. The molecule has 2 aromatic rings. The molecule has 0 fully saturated rings. The molecule has 0 unspecified atom stereocenters. The number of fused-ring (bicyclic) bond motifs is 1. The molecule has 0 spiro atoms. The number of carboxylic acid groups (broad SMARTS) is 1. The maximum atomic E-state index is 11.1. The van der Waals surface area contributed by atoms with E-state index in [0.717, 1.165) is 27.6 Å². The third-order valence-electron chi connectivity index (χ3n) is 5.84. The Kier molecular flexibility index (Phi) is 7.43. The number of aromatic nitrogens is 1. The minimum atomic E-state index is -0.971. The molecule has 0 saturated heterocycles. The summed E-state index contributed by atoms with van der Waals surface area (Å²) < 4.78 is 18.6. The van der Waals surface area contributed by atoms with E-state index in [1.165, 1.54) is 17.3 Å². The fourth-order valence-corrected chi connectivity index (χ4v) is 5.56. The summed E-state index contributed by atoms with van der Waals surface area (Å²) in [4.78, 5) is 15.5. The molecular formula is C24H31NO5Se. The summed E-state index contributed by atoms with van der Waals surface area (Å²) in [6, 6.07) is 7.84. The molecule has 0 atom stereocenters. The Morgan fingerprint density at radius 2 is 1.77 bits per heavy atom. The van der Waals surface area contributed by atoms with Crippen LogP contribution in [0.15, 0.2) is 30.5 Å². The summed E-state index contributed by atoms with van der Waals surface area (Å²) in [5.74, 6) is -0.160. The van der Waals surface area contributed by atoms with Gasteiger partial charge in [-0.05, 0) is 0 Å². The van der Waals surface area contributed by atoms with E-state index in [1.807, 2.05) is 0 Å². The number of benzene rings is 1. The van der Waals surface area contributed by atoms with Crippen molar-refractivity contribution in [2.24, 2.45) is 0 Å². The number of aromatic carboxylic acids is 1. The summed E-state index contributed by atoms with van der Waals surface area (Å²) in [6.45, 7) is 10.3. The first kappa shape index (κ1) is 23.7. The van der Waals surface area contributed by atoms with Gasteiger partial charge in [0, 0.05) is 0 Å². The van der Waals surface area contributed by atoms with Gasteiger partial charge in [-0.3, -0.25) is 0 Å². The van der Waals surface area contributed by atoms with Crippen molar-refractivity contribution in [3.8, 4) is 5.75 Å². The summed E-state index contributed by atoms with van der Waals surface area (Å²) in [7, 11) is 1.64. The molecule has 1 aliphatic carbocycles. The number of hydrogen-bond acceptors (Lipinski definition) is 5. The Hall–Kier alpha value is -1.92. The van der Waals surface area contributed by atoms with Gasteiger partial charge in [-0.25, -0.2) is 0 Å². The van der Waals surface area contributed by atoms with Gasteiger partial charge >= 0.3 is 190 Å². The van der Waals surface area contributed by atoms with Crippen LogP contribution in [0.2, 0.25) is 0 Å². The molecule has 31 heavy (non-hydrogen) atoms. The van der Waals surface area contributed by atoms with E-state index in [9.17, 15) is 4.79 Å². The third-order valence-corrected chi connectivity index (χ3v) is 7.92. The zero-order valence-corrected chi connectivity index (χ0v) is 20.6. The van der Waals surface area contributed by atoms with Crippen LogP contribution < -0.4 is 13.8 Å². The third kappa shape index (κ3) is 5.66.